The summed E-state index contributed by atoms with van der Waals surface area (Å²) in [6.45, 7) is 10.5. The average Bonchev–Trinajstić information content (AvgIpc) is 2.52. The van der Waals surface area contributed by atoms with Gasteiger partial charge in [0.25, 0.3) is 0 Å². The summed E-state index contributed by atoms with van der Waals surface area (Å²) in [5.74, 6) is -0.192. The Hall–Kier alpha value is -2.50. The van der Waals surface area contributed by atoms with Crippen molar-refractivity contribution in [2.75, 3.05) is 13.2 Å². The first-order chi connectivity index (χ1) is 11.4. The van der Waals surface area contributed by atoms with E-state index in [1.54, 1.807) is 0 Å². The lowest BCUT2D eigenvalue weighted by Crippen LogP contribution is -2.51. The van der Waals surface area contributed by atoms with Crippen molar-refractivity contribution in [3.63, 3.8) is 0 Å². The quantitative estimate of drug-likeness (QED) is 0.785. The molecule has 6 heteroatoms. The zero-order valence-electron chi connectivity index (χ0n) is 14.3. The fourth-order valence-corrected chi connectivity index (χ4v) is 2.54. The minimum atomic E-state index is -0.696. The largest absolute Gasteiger partial charge is 0.494 e. The van der Waals surface area contributed by atoms with Gasteiger partial charge in [0.15, 0.2) is 0 Å². The molecule has 0 spiro atoms. The second kappa shape index (κ2) is 7.86. The molecular weight excluding hydrogens is 308 g/mol. The van der Waals surface area contributed by atoms with Gasteiger partial charge in [0.1, 0.15) is 11.7 Å². The Kier molecular flexibility index (Phi) is 5.84. The lowest BCUT2D eigenvalue weighted by atomic mass is 9.89. The van der Waals surface area contributed by atoms with Crippen molar-refractivity contribution in [1.82, 2.24) is 10.6 Å². The lowest BCUT2D eigenvalue weighted by molar-refractivity contribution is -0.149. The van der Waals surface area contributed by atoms with E-state index in [0.29, 0.717) is 24.7 Å². The molecule has 2 N–H and O–H groups in total. The fourth-order valence-electron chi connectivity index (χ4n) is 2.54. The highest BCUT2D eigenvalue weighted by molar-refractivity contribution is 5.85. The first kappa shape index (κ1) is 17.8. The maximum Gasteiger partial charge on any atom is 0.319 e. The van der Waals surface area contributed by atoms with Crippen LogP contribution in [-0.4, -0.2) is 25.2 Å². The van der Waals surface area contributed by atoms with Crippen molar-refractivity contribution in [2.24, 2.45) is 11.8 Å². The van der Waals surface area contributed by atoms with Crippen LogP contribution in [0.2, 0.25) is 0 Å². The lowest BCUT2D eigenvalue weighted by Gasteiger charge is -2.33. The van der Waals surface area contributed by atoms with E-state index in [4.69, 9.17) is 9.47 Å². The molecule has 2 unspecified atom stereocenters. The number of rotatable bonds is 6. The van der Waals surface area contributed by atoms with Crippen LogP contribution >= 0.6 is 0 Å². The highest BCUT2D eigenvalue weighted by Crippen LogP contribution is 2.32. The Morgan fingerprint density at radius 3 is 2.79 bits per heavy atom. The molecule has 24 heavy (non-hydrogen) atoms. The summed E-state index contributed by atoms with van der Waals surface area (Å²) in [4.78, 5) is 24.3. The molecule has 0 saturated carbocycles. The van der Waals surface area contributed by atoms with Crippen LogP contribution < -0.4 is 15.4 Å². The Morgan fingerprint density at radius 1 is 1.38 bits per heavy atom. The van der Waals surface area contributed by atoms with Gasteiger partial charge in [0.05, 0.1) is 19.3 Å². The van der Waals surface area contributed by atoms with Crippen LogP contribution in [0.1, 0.15) is 32.4 Å². The molecule has 2 atom stereocenters. The highest BCUT2D eigenvalue weighted by Gasteiger charge is 2.39. The molecular formula is C18H24N2O4. The Morgan fingerprint density at radius 2 is 2.12 bits per heavy atom. The highest BCUT2D eigenvalue weighted by atomic mass is 16.5. The maximum absolute atomic E-state index is 12.5. The van der Waals surface area contributed by atoms with Gasteiger partial charge < -0.3 is 20.1 Å². The van der Waals surface area contributed by atoms with Crippen molar-refractivity contribution >= 4 is 12.0 Å². The molecule has 1 fully saturated rings. The van der Waals surface area contributed by atoms with Gasteiger partial charge in [-0.2, -0.15) is 0 Å². The van der Waals surface area contributed by atoms with Crippen LogP contribution in [0.25, 0.3) is 0 Å². The molecule has 1 aliphatic heterocycles. The van der Waals surface area contributed by atoms with Crippen LogP contribution in [0.3, 0.4) is 0 Å². The van der Waals surface area contributed by atoms with Gasteiger partial charge in [-0.15, -0.1) is 0 Å². The standard InChI is InChI=1S/C18H24N2O4/c1-5-23-14-8-6-7-13(9-14)16-15(12(4)19-18(22)20-16)17(21)24-10-11(2)3/h6-9,11,15-16H,4-5,10H2,1-3H3,(H2,19,20,22). The van der Waals surface area contributed by atoms with Gasteiger partial charge in [0, 0.05) is 5.70 Å². The number of carbonyl (C=O) groups excluding carboxylic acids is 2. The van der Waals surface area contributed by atoms with Crippen molar-refractivity contribution in [3.05, 3.63) is 42.1 Å². The molecule has 6 nitrogen and oxygen atoms in total. The van der Waals surface area contributed by atoms with E-state index in [2.05, 4.69) is 17.2 Å². The molecule has 130 valence electrons. The van der Waals surface area contributed by atoms with Gasteiger partial charge in [-0.05, 0) is 30.5 Å². The molecule has 1 aliphatic rings. The second-order valence-corrected chi connectivity index (χ2v) is 6.11. The first-order valence-corrected chi connectivity index (χ1v) is 8.08. The third kappa shape index (κ3) is 4.28. The Bertz CT molecular complexity index is 627. The van der Waals surface area contributed by atoms with E-state index >= 15 is 0 Å². The van der Waals surface area contributed by atoms with E-state index in [0.717, 1.165) is 5.56 Å². The number of urea groups is 1. The summed E-state index contributed by atoms with van der Waals surface area (Å²) >= 11 is 0. The number of nitrogens with one attached hydrogen (secondary N) is 2. The van der Waals surface area contributed by atoms with Crippen LogP contribution in [0.4, 0.5) is 4.79 Å². The van der Waals surface area contributed by atoms with Gasteiger partial charge in [-0.1, -0.05) is 32.6 Å². The van der Waals surface area contributed by atoms with Crippen molar-refractivity contribution < 1.29 is 19.1 Å². The summed E-state index contributed by atoms with van der Waals surface area (Å²) in [5, 5.41) is 5.34. The third-order valence-electron chi connectivity index (χ3n) is 3.61. The molecule has 2 amide bonds. The molecule has 1 aromatic carbocycles. The fraction of sp³-hybridized carbons (Fsp3) is 0.444. The Labute approximate surface area is 142 Å². The normalized spacial score (nSPS) is 20.3. The molecule has 0 radical (unpaired) electrons. The number of ether oxygens (including phenoxy) is 2. The third-order valence-corrected chi connectivity index (χ3v) is 3.61. The zero-order valence-corrected chi connectivity index (χ0v) is 14.3. The average molecular weight is 332 g/mol. The molecule has 2 rings (SSSR count). The van der Waals surface area contributed by atoms with Gasteiger partial charge in [-0.3, -0.25) is 4.79 Å². The minimum absolute atomic E-state index is 0.230. The summed E-state index contributed by atoms with van der Waals surface area (Å²) in [6.07, 6.45) is 0. The second-order valence-electron chi connectivity index (χ2n) is 6.11. The van der Waals surface area contributed by atoms with Crippen LogP contribution in [0, 0.1) is 11.8 Å². The number of hydrogen-bond acceptors (Lipinski definition) is 4. The molecule has 0 aliphatic carbocycles. The van der Waals surface area contributed by atoms with Gasteiger partial charge in [-0.25, -0.2) is 4.79 Å². The summed E-state index contributed by atoms with van der Waals surface area (Å²) in [6, 6.07) is 6.38. The number of carbonyl (C=O) groups is 2. The monoisotopic (exact) mass is 332 g/mol. The predicted molar refractivity (Wildman–Crippen MR) is 90.4 cm³/mol. The summed E-state index contributed by atoms with van der Waals surface area (Å²) in [5.41, 5.74) is 1.10. The molecule has 1 aromatic rings. The number of hydrogen-bond donors (Lipinski definition) is 2. The van der Waals surface area contributed by atoms with Crippen LogP contribution in [0.15, 0.2) is 36.5 Å². The molecule has 1 heterocycles. The van der Waals surface area contributed by atoms with Crippen molar-refractivity contribution in [1.29, 1.82) is 0 Å². The number of benzene rings is 1. The summed E-state index contributed by atoms with van der Waals surface area (Å²) in [7, 11) is 0. The maximum atomic E-state index is 12.5. The van der Waals surface area contributed by atoms with Gasteiger partial charge >= 0.3 is 12.0 Å². The van der Waals surface area contributed by atoms with Crippen LogP contribution in [-0.2, 0) is 9.53 Å². The molecule has 0 aromatic heterocycles. The minimum Gasteiger partial charge on any atom is -0.494 e. The van der Waals surface area contributed by atoms with Gasteiger partial charge in [0.2, 0.25) is 0 Å². The van der Waals surface area contributed by atoms with Crippen molar-refractivity contribution in [2.45, 2.75) is 26.8 Å². The van der Waals surface area contributed by atoms with Crippen LogP contribution in [0.5, 0.6) is 5.75 Å². The van der Waals surface area contributed by atoms with Crippen molar-refractivity contribution in [3.8, 4) is 5.75 Å². The van der Waals surface area contributed by atoms with E-state index in [-0.39, 0.29) is 11.9 Å². The predicted octanol–water partition coefficient (Wildman–Crippen LogP) is 2.77. The summed E-state index contributed by atoms with van der Waals surface area (Å²) < 4.78 is 10.9. The number of esters is 1. The topological polar surface area (TPSA) is 76.7 Å². The zero-order chi connectivity index (χ0) is 17.7. The van der Waals surface area contributed by atoms with E-state index in [9.17, 15) is 9.59 Å². The molecule has 1 saturated heterocycles. The van der Waals surface area contributed by atoms with E-state index < -0.39 is 17.9 Å². The van der Waals surface area contributed by atoms with E-state index in [1.807, 2.05) is 45.0 Å². The SMILES string of the molecule is C=C1NC(=O)NC(c2cccc(OCC)c2)C1C(=O)OCC(C)C. The van der Waals surface area contributed by atoms with E-state index in [1.165, 1.54) is 0 Å². The molecule has 0 bridgehead atoms. The smallest absolute Gasteiger partial charge is 0.319 e. The number of amides is 2. The Balaban J connectivity index is 2.28. The first-order valence-electron chi connectivity index (χ1n) is 8.08.